The normalized spacial score (nSPS) is 11.5. The first kappa shape index (κ1) is 19.7. The van der Waals surface area contributed by atoms with Gasteiger partial charge in [-0.2, -0.15) is 0 Å². The van der Waals surface area contributed by atoms with Crippen LogP contribution in [0.5, 0.6) is 0 Å². The van der Waals surface area contributed by atoms with Crippen LogP contribution in [0.15, 0.2) is 84.9 Å². The van der Waals surface area contributed by atoms with Gasteiger partial charge in [-0.1, -0.05) is 0 Å². The third-order valence-corrected chi connectivity index (χ3v) is 9.64. The number of hydrogen-bond donors (Lipinski definition) is 1. The maximum absolute atomic E-state index is 10.4. The molecule has 4 aromatic rings. The summed E-state index contributed by atoms with van der Waals surface area (Å²) < 4.78 is 0. The monoisotopic (exact) mass is 500 g/mol. The van der Waals surface area contributed by atoms with Gasteiger partial charge in [0.1, 0.15) is 0 Å². The minimum atomic E-state index is -0.138. The fourth-order valence-electron chi connectivity index (χ4n) is 3.33. The van der Waals surface area contributed by atoms with Crippen LogP contribution in [-0.4, -0.2) is 41.1 Å². The number of aliphatic hydroxyl groups is 1. The molecule has 1 N–H and O–H groups in total. The van der Waals surface area contributed by atoms with Gasteiger partial charge >= 0.3 is 180 Å². The Morgan fingerprint density at radius 2 is 1.00 bits per heavy atom. The zero-order valence-corrected chi connectivity index (χ0v) is 19.2. The Labute approximate surface area is 179 Å². The van der Waals surface area contributed by atoms with Crippen LogP contribution < -0.4 is 0 Å². The van der Waals surface area contributed by atoms with Crippen molar-refractivity contribution in [2.75, 3.05) is 0 Å². The molecule has 0 bridgehead atoms. The van der Waals surface area contributed by atoms with Gasteiger partial charge in [0, 0.05) is 0 Å². The number of fused-ring (bicyclic) bond motifs is 2. The second kappa shape index (κ2) is 9.74. The third kappa shape index (κ3) is 5.26. The Hall–Kier alpha value is -1.60. The molecule has 0 atom stereocenters. The molecule has 142 valence electrons. The van der Waals surface area contributed by atoms with Crippen LogP contribution >= 0.6 is 0 Å². The molecule has 0 fully saturated rings. The molecule has 0 spiro atoms. The molecule has 0 saturated carbocycles. The molecule has 4 aromatic carbocycles. The Morgan fingerprint density at radius 3 is 1.46 bits per heavy atom. The maximum atomic E-state index is 10.4. The van der Waals surface area contributed by atoms with Crippen molar-refractivity contribution in [1.82, 2.24) is 0 Å². The van der Waals surface area contributed by atoms with Crippen molar-refractivity contribution in [3.8, 4) is 0 Å². The number of benzene rings is 4. The first-order valence-corrected chi connectivity index (χ1v) is 14.4. The standard InChI is InChI=1S/C25H24OSe2/c26-25(17-27-15-19-9-11-21-5-1-3-7-23(21)13-19)18-28-16-20-10-12-22-6-2-4-8-24(22)14-20/h1-14,25-26H,15-18H2. The average molecular weight is 498 g/mol. The fourth-order valence-corrected chi connectivity index (χ4v) is 7.96. The van der Waals surface area contributed by atoms with E-state index in [4.69, 9.17) is 0 Å². The Kier molecular flexibility index (Phi) is 6.85. The third-order valence-electron chi connectivity index (χ3n) is 4.79. The molecule has 3 heteroatoms. The second-order valence-corrected chi connectivity index (χ2v) is 11.4. The van der Waals surface area contributed by atoms with Gasteiger partial charge < -0.3 is 0 Å². The second-order valence-electron chi connectivity index (χ2n) is 7.05. The van der Waals surface area contributed by atoms with Crippen molar-refractivity contribution in [2.45, 2.75) is 27.4 Å². The van der Waals surface area contributed by atoms with Gasteiger partial charge in [-0.05, 0) is 0 Å². The molecule has 0 amide bonds. The topological polar surface area (TPSA) is 20.2 Å². The number of rotatable bonds is 8. The van der Waals surface area contributed by atoms with Gasteiger partial charge in [0.2, 0.25) is 0 Å². The molecule has 0 unspecified atom stereocenters. The Balaban J connectivity index is 1.21. The summed E-state index contributed by atoms with van der Waals surface area (Å²) in [5.74, 6) is 0. The molecule has 0 aliphatic heterocycles. The molecular formula is C25H24OSe2. The van der Waals surface area contributed by atoms with Crippen molar-refractivity contribution in [3.05, 3.63) is 96.1 Å². The minimum absolute atomic E-state index is 0.138. The predicted octanol–water partition coefficient (Wildman–Crippen LogP) is 5.30. The summed E-state index contributed by atoms with van der Waals surface area (Å²) in [5, 5.41) is 19.7. The summed E-state index contributed by atoms with van der Waals surface area (Å²) in [6.07, 6.45) is -0.138. The van der Waals surface area contributed by atoms with Crippen molar-refractivity contribution < 1.29 is 5.11 Å². The van der Waals surface area contributed by atoms with E-state index in [1.165, 1.54) is 32.7 Å². The van der Waals surface area contributed by atoms with Crippen LogP contribution in [0.3, 0.4) is 0 Å². The quantitative estimate of drug-likeness (QED) is 0.327. The summed E-state index contributed by atoms with van der Waals surface area (Å²) in [7, 11) is 0. The molecule has 1 nitrogen and oxygen atoms in total. The van der Waals surface area contributed by atoms with Gasteiger partial charge in [0.25, 0.3) is 0 Å². The molecule has 0 heterocycles. The first-order chi connectivity index (χ1) is 13.8. The molecule has 28 heavy (non-hydrogen) atoms. The molecular weight excluding hydrogens is 474 g/mol. The summed E-state index contributed by atoms with van der Waals surface area (Å²) in [4.78, 5) is 0. The zero-order chi connectivity index (χ0) is 19.2. The summed E-state index contributed by atoms with van der Waals surface area (Å²) >= 11 is 0.918. The first-order valence-electron chi connectivity index (χ1n) is 9.57. The van der Waals surface area contributed by atoms with Crippen LogP contribution in [-0.2, 0) is 10.6 Å². The molecule has 0 radical (unpaired) electrons. The average Bonchev–Trinajstić information content (AvgIpc) is 2.73. The van der Waals surface area contributed by atoms with E-state index in [1.54, 1.807) is 0 Å². The van der Waals surface area contributed by atoms with Crippen LogP contribution in [0.25, 0.3) is 21.5 Å². The van der Waals surface area contributed by atoms with Gasteiger partial charge in [-0.15, -0.1) is 0 Å². The summed E-state index contributed by atoms with van der Waals surface area (Å²) in [6.45, 7) is 0. The van der Waals surface area contributed by atoms with E-state index in [0.29, 0.717) is 29.9 Å². The Morgan fingerprint density at radius 1 is 0.571 bits per heavy atom. The van der Waals surface area contributed by atoms with Crippen molar-refractivity contribution >= 4 is 51.5 Å². The van der Waals surface area contributed by atoms with Crippen LogP contribution in [0.4, 0.5) is 0 Å². The van der Waals surface area contributed by atoms with Gasteiger partial charge in [0.15, 0.2) is 0 Å². The summed E-state index contributed by atoms with van der Waals surface area (Å²) in [5.41, 5.74) is 2.79. The van der Waals surface area contributed by atoms with Crippen LogP contribution in [0.1, 0.15) is 11.1 Å². The van der Waals surface area contributed by atoms with E-state index in [9.17, 15) is 5.11 Å². The van der Waals surface area contributed by atoms with E-state index in [0.717, 1.165) is 21.3 Å². The van der Waals surface area contributed by atoms with Crippen LogP contribution in [0.2, 0.25) is 10.6 Å². The van der Waals surface area contributed by atoms with E-state index < -0.39 is 0 Å². The number of aliphatic hydroxyl groups excluding tert-OH is 1. The SMILES string of the molecule is OC(C[Se]Cc1ccc2ccccc2c1)C[Se]Cc1ccc2ccccc2c1. The molecule has 0 saturated heterocycles. The molecule has 0 aliphatic rings. The molecule has 0 aliphatic carbocycles. The van der Waals surface area contributed by atoms with Crippen molar-refractivity contribution in [1.29, 1.82) is 0 Å². The number of hydrogen-bond acceptors (Lipinski definition) is 1. The molecule has 0 aromatic heterocycles. The fraction of sp³-hybridized carbons (Fsp3) is 0.200. The van der Waals surface area contributed by atoms with Crippen molar-refractivity contribution in [2.24, 2.45) is 0 Å². The van der Waals surface area contributed by atoms with Gasteiger partial charge in [-0.3, -0.25) is 0 Å². The molecule has 4 rings (SSSR count). The van der Waals surface area contributed by atoms with E-state index >= 15 is 0 Å². The zero-order valence-electron chi connectivity index (χ0n) is 15.8. The Bertz CT molecular complexity index is 975. The summed E-state index contributed by atoms with van der Waals surface area (Å²) in [6, 6.07) is 30.5. The van der Waals surface area contributed by atoms with Gasteiger partial charge in [-0.25, -0.2) is 0 Å². The van der Waals surface area contributed by atoms with E-state index in [1.807, 2.05) is 0 Å². The van der Waals surface area contributed by atoms with Gasteiger partial charge in [0.05, 0.1) is 0 Å². The van der Waals surface area contributed by atoms with E-state index in [-0.39, 0.29) is 6.10 Å². The van der Waals surface area contributed by atoms with Crippen molar-refractivity contribution in [3.63, 3.8) is 0 Å². The predicted molar refractivity (Wildman–Crippen MR) is 122 cm³/mol. The van der Waals surface area contributed by atoms with E-state index in [2.05, 4.69) is 84.9 Å². The van der Waals surface area contributed by atoms with Crippen LogP contribution in [0, 0.1) is 0 Å².